The Morgan fingerprint density at radius 2 is 2.18 bits per heavy atom. The molecule has 1 aromatic heterocycles. The Balaban J connectivity index is 1.40. The molecule has 1 fully saturated rings. The Hall–Kier alpha value is -3.42. The van der Waals surface area contributed by atoms with Crippen LogP contribution in [-0.4, -0.2) is 40.3 Å². The van der Waals surface area contributed by atoms with Gasteiger partial charge in [0.15, 0.2) is 6.10 Å². The van der Waals surface area contributed by atoms with E-state index in [9.17, 15) is 14.4 Å². The number of rotatable bonds is 4. The van der Waals surface area contributed by atoms with Gasteiger partial charge in [0.25, 0.3) is 5.91 Å². The van der Waals surface area contributed by atoms with Gasteiger partial charge in [-0.25, -0.2) is 0 Å². The van der Waals surface area contributed by atoms with E-state index in [4.69, 9.17) is 4.74 Å². The maximum Gasteiger partial charge on any atom is 0.265 e. The summed E-state index contributed by atoms with van der Waals surface area (Å²) in [7, 11) is 0. The van der Waals surface area contributed by atoms with E-state index >= 15 is 0 Å². The predicted octanol–water partition coefficient (Wildman–Crippen LogP) is 1.79. The van der Waals surface area contributed by atoms with Gasteiger partial charge in [0, 0.05) is 24.8 Å². The van der Waals surface area contributed by atoms with Crippen LogP contribution in [0.1, 0.15) is 19.0 Å². The first-order valence-corrected chi connectivity index (χ1v) is 9.10. The predicted molar refractivity (Wildman–Crippen MR) is 102 cm³/mol. The number of ether oxygens (including phenoxy) is 1. The van der Waals surface area contributed by atoms with Gasteiger partial charge >= 0.3 is 0 Å². The van der Waals surface area contributed by atoms with Crippen LogP contribution in [0.5, 0.6) is 5.75 Å². The Morgan fingerprint density at radius 1 is 1.32 bits per heavy atom. The number of aromatic nitrogens is 1. The maximum absolute atomic E-state index is 12.6. The van der Waals surface area contributed by atoms with Crippen molar-refractivity contribution in [3.63, 3.8) is 0 Å². The second kappa shape index (κ2) is 7.30. The molecule has 2 aliphatic rings. The molecule has 4 rings (SSSR count). The lowest BCUT2D eigenvalue weighted by atomic mass is 10.1. The third-order valence-corrected chi connectivity index (χ3v) is 4.84. The minimum absolute atomic E-state index is 0.0640. The molecule has 3 amide bonds. The molecule has 2 aromatic rings. The lowest BCUT2D eigenvalue weighted by Crippen LogP contribution is -2.34. The van der Waals surface area contributed by atoms with Gasteiger partial charge in [-0.2, -0.15) is 0 Å². The van der Waals surface area contributed by atoms with E-state index in [1.54, 1.807) is 36.2 Å². The molecule has 0 spiro atoms. The van der Waals surface area contributed by atoms with Gasteiger partial charge in [-0.15, -0.1) is 0 Å². The number of pyridine rings is 1. The molecule has 1 saturated heterocycles. The second-order valence-electron chi connectivity index (χ2n) is 6.95. The molecule has 0 radical (unpaired) electrons. The fourth-order valence-electron chi connectivity index (χ4n) is 3.32. The molecule has 0 saturated carbocycles. The van der Waals surface area contributed by atoms with Crippen molar-refractivity contribution in [3.8, 4) is 5.75 Å². The van der Waals surface area contributed by atoms with Crippen LogP contribution in [0, 0.1) is 5.92 Å². The number of carbonyl (C=O) groups excluding carboxylic acids is 3. The Labute approximate surface area is 161 Å². The van der Waals surface area contributed by atoms with E-state index in [1.807, 2.05) is 18.2 Å². The highest BCUT2D eigenvalue weighted by Crippen LogP contribution is 2.32. The van der Waals surface area contributed by atoms with Crippen molar-refractivity contribution < 1.29 is 19.1 Å². The Morgan fingerprint density at radius 3 is 2.96 bits per heavy atom. The molecule has 144 valence electrons. The third kappa shape index (κ3) is 3.66. The number of nitrogens with zero attached hydrogens (tertiary/aromatic N) is 2. The third-order valence-electron chi connectivity index (χ3n) is 4.84. The minimum atomic E-state index is -0.553. The maximum atomic E-state index is 12.6. The number of hydrogen-bond donors (Lipinski definition) is 2. The molecule has 8 nitrogen and oxygen atoms in total. The largest absolute Gasteiger partial charge is 0.479 e. The monoisotopic (exact) mass is 380 g/mol. The number of nitrogens with one attached hydrogen (secondary N) is 2. The lowest BCUT2D eigenvalue weighted by molar-refractivity contribution is -0.128. The minimum Gasteiger partial charge on any atom is -0.479 e. The first-order chi connectivity index (χ1) is 13.5. The molecule has 8 heteroatoms. The summed E-state index contributed by atoms with van der Waals surface area (Å²) in [5.74, 6) is -0.401. The summed E-state index contributed by atoms with van der Waals surface area (Å²) in [5, 5.41) is 5.57. The zero-order valence-corrected chi connectivity index (χ0v) is 15.3. The average molecular weight is 380 g/mol. The second-order valence-corrected chi connectivity index (χ2v) is 6.95. The summed E-state index contributed by atoms with van der Waals surface area (Å²) in [6.07, 6.45) is 1.29. The number of fused-ring (bicyclic) bond motifs is 1. The van der Waals surface area contributed by atoms with Gasteiger partial charge in [0.2, 0.25) is 11.8 Å². The van der Waals surface area contributed by atoms with E-state index in [2.05, 4.69) is 15.6 Å². The first kappa shape index (κ1) is 18.0. The number of hydrogen-bond acceptors (Lipinski definition) is 5. The summed E-state index contributed by atoms with van der Waals surface area (Å²) in [4.78, 5) is 42.5. The molecular weight excluding hydrogens is 360 g/mol. The fraction of sp³-hybridized carbons (Fsp3) is 0.300. The molecule has 0 unspecified atom stereocenters. The number of amides is 3. The zero-order chi connectivity index (χ0) is 19.7. The van der Waals surface area contributed by atoms with Crippen molar-refractivity contribution >= 4 is 29.1 Å². The number of benzene rings is 1. The van der Waals surface area contributed by atoms with E-state index in [1.165, 1.54) is 0 Å². The lowest BCUT2D eigenvalue weighted by Gasteiger charge is -2.23. The van der Waals surface area contributed by atoms with E-state index in [0.29, 0.717) is 30.2 Å². The van der Waals surface area contributed by atoms with Gasteiger partial charge in [-0.1, -0.05) is 6.07 Å². The Kier molecular flexibility index (Phi) is 4.68. The normalized spacial score (nSPS) is 21.0. The highest BCUT2D eigenvalue weighted by molar-refractivity contribution is 6.00. The zero-order valence-electron chi connectivity index (χ0n) is 15.3. The van der Waals surface area contributed by atoms with Gasteiger partial charge < -0.3 is 20.3 Å². The molecule has 28 heavy (non-hydrogen) atoms. The van der Waals surface area contributed by atoms with E-state index in [0.717, 1.165) is 5.69 Å². The summed E-state index contributed by atoms with van der Waals surface area (Å²) >= 11 is 0. The molecule has 0 aliphatic carbocycles. The SMILES string of the molecule is C[C@@H]1Oc2ccc(NC(=O)[C@H]3CC(=O)N(Cc4ccccn4)C3)cc2NC1=O. The quantitative estimate of drug-likeness (QED) is 0.842. The summed E-state index contributed by atoms with van der Waals surface area (Å²) < 4.78 is 5.51. The van der Waals surface area contributed by atoms with Crippen LogP contribution in [-0.2, 0) is 20.9 Å². The van der Waals surface area contributed by atoms with Gasteiger partial charge in [0.05, 0.1) is 23.8 Å². The average Bonchev–Trinajstić information content (AvgIpc) is 3.04. The number of anilines is 2. The van der Waals surface area contributed by atoms with Crippen molar-refractivity contribution in [1.82, 2.24) is 9.88 Å². The van der Waals surface area contributed by atoms with Crippen LogP contribution in [0.2, 0.25) is 0 Å². The highest BCUT2D eigenvalue weighted by Gasteiger charge is 2.34. The topological polar surface area (TPSA) is 101 Å². The molecule has 0 bridgehead atoms. The number of likely N-dealkylation sites (tertiary alicyclic amines) is 1. The van der Waals surface area contributed by atoms with Crippen molar-refractivity contribution in [1.29, 1.82) is 0 Å². The van der Waals surface area contributed by atoms with Crippen LogP contribution in [0.3, 0.4) is 0 Å². The van der Waals surface area contributed by atoms with Gasteiger partial charge in [-0.05, 0) is 37.3 Å². The van der Waals surface area contributed by atoms with Crippen LogP contribution < -0.4 is 15.4 Å². The summed E-state index contributed by atoms with van der Waals surface area (Å²) in [6, 6.07) is 10.6. The first-order valence-electron chi connectivity index (χ1n) is 9.10. The van der Waals surface area contributed by atoms with E-state index in [-0.39, 0.29) is 24.1 Å². The van der Waals surface area contributed by atoms with Crippen molar-refractivity contribution in [3.05, 3.63) is 48.3 Å². The molecular formula is C20H20N4O4. The molecule has 2 aliphatic heterocycles. The van der Waals surface area contributed by atoms with E-state index < -0.39 is 12.0 Å². The summed E-state index contributed by atoms with van der Waals surface area (Å²) in [6.45, 7) is 2.41. The summed E-state index contributed by atoms with van der Waals surface area (Å²) in [5.41, 5.74) is 1.84. The number of carbonyl (C=O) groups is 3. The van der Waals surface area contributed by atoms with Crippen LogP contribution in [0.25, 0.3) is 0 Å². The van der Waals surface area contributed by atoms with Crippen LogP contribution in [0.15, 0.2) is 42.6 Å². The van der Waals surface area contributed by atoms with Gasteiger partial charge in [-0.3, -0.25) is 19.4 Å². The van der Waals surface area contributed by atoms with Crippen molar-refractivity contribution in [2.75, 3.05) is 17.2 Å². The Bertz CT molecular complexity index is 931. The molecule has 1 aromatic carbocycles. The highest BCUT2D eigenvalue weighted by atomic mass is 16.5. The van der Waals surface area contributed by atoms with Crippen molar-refractivity contribution in [2.24, 2.45) is 5.92 Å². The molecule has 3 heterocycles. The van der Waals surface area contributed by atoms with Crippen molar-refractivity contribution in [2.45, 2.75) is 26.0 Å². The van der Waals surface area contributed by atoms with Crippen LogP contribution in [0.4, 0.5) is 11.4 Å². The molecule has 2 N–H and O–H groups in total. The van der Waals surface area contributed by atoms with Gasteiger partial charge in [0.1, 0.15) is 5.75 Å². The smallest absolute Gasteiger partial charge is 0.265 e. The fourth-order valence-corrected chi connectivity index (χ4v) is 3.32. The molecule has 2 atom stereocenters. The van der Waals surface area contributed by atoms with Crippen LogP contribution >= 0.6 is 0 Å². The standard InChI is InChI=1S/C20H20N4O4/c1-12-19(26)23-16-9-14(5-6-17(16)28-12)22-20(27)13-8-18(25)24(10-13)11-15-4-2-3-7-21-15/h2-7,9,12-13H,8,10-11H2,1H3,(H,22,27)(H,23,26)/t12-,13-/m0/s1.